The smallest absolute Gasteiger partial charge is 0.170 e. The van der Waals surface area contributed by atoms with Crippen molar-refractivity contribution in [2.75, 3.05) is 7.05 Å². The molecule has 1 rings (SSSR count). The quantitative estimate of drug-likeness (QED) is 0.642. The van der Waals surface area contributed by atoms with E-state index in [0.717, 1.165) is 30.5 Å². The summed E-state index contributed by atoms with van der Waals surface area (Å²) in [6.07, 6.45) is 1.62. The molecule has 0 aliphatic heterocycles. The molecule has 0 radical (unpaired) electrons. The van der Waals surface area contributed by atoms with Crippen LogP contribution in [0.2, 0.25) is 0 Å². The third-order valence-corrected chi connectivity index (χ3v) is 1.80. The summed E-state index contributed by atoms with van der Waals surface area (Å²) in [7, 11) is 1.86. The van der Waals surface area contributed by atoms with Crippen LogP contribution in [0.5, 0.6) is 0 Å². The molecule has 12 heavy (non-hydrogen) atoms. The minimum absolute atomic E-state index is 0.530. The molecule has 0 atom stereocenters. The average molecular weight is 167 g/mol. The molecule has 0 spiro atoms. The van der Waals surface area contributed by atoms with E-state index >= 15 is 0 Å². The summed E-state index contributed by atoms with van der Waals surface area (Å²) in [4.78, 5) is 10.5. The predicted octanol–water partition coefficient (Wildman–Crippen LogP) is 0.504. The lowest BCUT2D eigenvalue weighted by Crippen LogP contribution is -2.07. The highest BCUT2D eigenvalue weighted by Gasteiger charge is 2.08. The van der Waals surface area contributed by atoms with Gasteiger partial charge >= 0.3 is 0 Å². The number of carbonyl (C=O) groups is 1. The van der Waals surface area contributed by atoms with Crippen LogP contribution in [0, 0.1) is 0 Å². The molecular formula is C8H13N3O. The van der Waals surface area contributed by atoms with E-state index in [0.29, 0.717) is 5.69 Å². The van der Waals surface area contributed by atoms with Gasteiger partial charge in [-0.2, -0.15) is 5.10 Å². The van der Waals surface area contributed by atoms with Gasteiger partial charge in [-0.3, -0.25) is 9.89 Å². The normalized spacial score (nSPS) is 10.2. The lowest BCUT2D eigenvalue weighted by atomic mass is 10.1. The van der Waals surface area contributed by atoms with Crippen LogP contribution in [0.25, 0.3) is 0 Å². The standard InChI is InChI=1S/C8H13N3O/c1-3-6-7(4-9-2)10-11-8(6)5-12/h5,9H,3-4H2,1-2H3,(H,10,11). The first-order chi connectivity index (χ1) is 5.83. The summed E-state index contributed by atoms with van der Waals surface area (Å²) in [6.45, 7) is 2.74. The van der Waals surface area contributed by atoms with Gasteiger partial charge in [0.05, 0.1) is 5.69 Å². The number of hydrogen-bond acceptors (Lipinski definition) is 3. The summed E-state index contributed by atoms with van der Waals surface area (Å²) >= 11 is 0. The summed E-state index contributed by atoms with van der Waals surface area (Å²) in [5.41, 5.74) is 2.55. The molecule has 0 fully saturated rings. The van der Waals surface area contributed by atoms with Crippen LogP contribution >= 0.6 is 0 Å². The third-order valence-electron chi connectivity index (χ3n) is 1.80. The number of aldehydes is 1. The van der Waals surface area contributed by atoms with Gasteiger partial charge in [0.15, 0.2) is 6.29 Å². The monoisotopic (exact) mass is 167 g/mol. The molecule has 0 bridgehead atoms. The Morgan fingerprint density at radius 3 is 2.92 bits per heavy atom. The number of H-pyrrole nitrogens is 1. The topological polar surface area (TPSA) is 57.8 Å². The maximum absolute atomic E-state index is 10.5. The van der Waals surface area contributed by atoms with Crippen molar-refractivity contribution in [2.45, 2.75) is 19.9 Å². The highest BCUT2D eigenvalue weighted by atomic mass is 16.1. The first-order valence-corrected chi connectivity index (χ1v) is 3.99. The number of hydrogen-bond donors (Lipinski definition) is 2. The fourth-order valence-corrected chi connectivity index (χ4v) is 1.23. The fraction of sp³-hybridized carbons (Fsp3) is 0.500. The largest absolute Gasteiger partial charge is 0.314 e. The Kier molecular flexibility index (Phi) is 2.99. The Labute approximate surface area is 71.4 Å². The van der Waals surface area contributed by atoms with E-state index in [1.54, 1.807) is 0 Å². The molecule has 4 nitrogen and oxygen atoms in total. The molecule has 0 saturated heterocycles. The van der Waals surface area contributed by atoms with E-state index in [9.17, 15) is 4.79 Å². The van der Waals surface area contributed by atoms with Crippen molar-refractivity contribution in [3.8, 4) is 0 Å². The van der Waals surface area contributed by atoms with Gasteiger partial charge in [-0.15, -0.1) is 0 Å². The fourth-order valence-electron chi connectivity index (χ4n) is 1.23. The number of rotatable bonds is 4. The van der Waals surface area contributed by atoms with Crippen molar-refractivity contribution in [3.05, 3.63) is 17.0 Å². The zero-order valence-electron chi connectivity index (χ0n) is 7.35. The van der Waals surface area contributed by atoms with Crippen LogP contribution in [0.1, 0.15) is 28.7 Å². The molecular weight excluding hydrogens is 154 g/mol. The maximum atomic E-state index is 10.5. The molecule has 0 aromatic carbocycles. The van der Waals surface area contributed by atoms with Gasteiger partial charge in [-0.25, -0.2) is 0 Å². The summed E-state index contributed by atoms with van der Waals surface area (Å²) < 4.78 is 0. The number of aromatic nitrogens is 2. The van der Waals surface area contributed by atoms with Crippen LogP contribution in [0.15, 0.2) is 0 Å². The van der Waals surface area contributed by atoms with Crippen LogP contribution < -0.4 is 5.32 Å². The molecule has 0 amide bonds. The Bertz CT molecular complexity index is 267. The van der Waals surface area contributed by atoms with Crippen LogP contribution in [0.3, 0.4) is 0 Å². The van der Waals surface area contributed by atoms with Crippen molar-refractivity contribution < 1.29 is 4.79 Å². The molecule has 2 N–H and O–H groups in total. The Morgan fingerprint density at radius 1 is 1.67 bits per heavy atom. The first-order valence-electron chi connectivity index (χ1n) is 3.99. The summed E-state index contributed by atoms with van der Waals surface area (Å²) in [5.74, 6) is 0. The van der Waals surface area contributed by atoms with E-state index in [1.165, 1.54) is 0 Å². The van der Waals surface area contributed by atoms with Gasteiger partial charge < -0.3 is 5.32 Å². The summed E-state index contributed by atoms with van der Waals surface area (Å²) in [6, 6.07) is 0. The van der Waals surface area contributed by atoms with Crippen molar-refractivity contribution in [2.24, 2.45) is 0 Å². The highest BCUT2D eigenvalue weighted by molar-refractivity contribution is 5.74. The Morgan fingerprint density at radius 2 is 2.42 bits per heavy atom. The second-order valence-electron chi connectivity index (χ2n) is 2.57. The SMILES string of the molecule is CCc1c(C=O)n[nH]c1CNC. The number of nitrogens with one attached hydrogen (secondary N) is 2. The van der Waals surface area contributed by atoms with E-state index in [4.69, 9.17) is 0 Å². The predicted molar refractivity (Wildman–Crippen MR) is 46.1 cm³/mol. The maximum Gasteiger partial charge on any atom is 0.170 e. The van der Waals surface area contributed by atoms with Gasteiger partial charge in [0.1, 0.15) is 5.69 Å². The second kappa shape index (κ2) is 4.01. The van der Waals surface area contributed by atoms with Gasteiger partial charge in [-0.05, 0) is 13.5 Å². The minimum Gasteiger partial charge on any atom is -0.314 e. The molecule has 1 aromatic heterocycles. The van der Waals surface area contributed by atoms with Crippen molar-refractivity contribution in [1.29, 1.82) is 0 Å². The zero-order valence-corrected chi connectivity index (χ0v) is 7.35. The highest BCUT2D eigenvalue weighted by Crippen LogP contribution is 2.09. The van der Waals surface area contributed by atoms with E-state index in [-0.39, 0.29) is 0 Å². The first kappa shape index (κ1) is 8.93. The molecule has 0 saturated carbocycles. The van der Waals surface area contributed by atoms with Crippen molar-refractivity contribution in [3.63, 3.8) is 0 Å². The van der Waals surface area contributed by atoms with Crippen molar-refractivity contribution in [1.82, 2.24) is 15.5 Å². The van der Waals surface area contributed by atoms with Gasteiger partial charge in [0.2, 0.25) is 0 Å². The molecule has 4 heteroatoms. The lowest BCUT2D eigenvalue weighted by molar-refractivity contribution is 0.111. The molecule has 66 valence electrons. The average Bonchev–Trinajstić information content (AvgIpc) is 2.47. The van der Waals surface area contributed by atoms with Crippen LogP contribution in [-0.2, 0) is 13.0 Å². The Hall–Kier alpha value is -1.16. The molecule has 0 unspecified atom stereocenters. The zero-order chi connectivity index (χ0) is 8.97. The molecule has 1 aromatic rings. The number of carbonyl (C=O) groups excluding carboxylic acids is 1. The van der Waals surface area contributed by atoms with Gasteiger partial charge in [0, 0.05) is 12.1 Å². The van der Waals surface area contributed by atoms with Crippen molar-refractivity contribution >= 4 is 6.29 Å². The third kappa shape index (κ3) is 1.53. The van der Waals surface area contributed by atoms with E-state index in [2.05, 4.69) is 15.5 Å². The second-order valence-corrected chi connectivity index (χ2v) is 2.57. The number of aromatic amines is 1. The van der Waals surface area contributed by atoms with Crippen LogP contribution in [-0.4, -0.2) is 23.5 Å². The number of nitrogens with zero attached hydrogens (tertiary/aromatic N) is 1. The van der Waals surface area contributed by atoms with Crippen LogP contribution in [0.4, 0.5) is 0 Å². The summed E-state index contributed by atoms with van der Waals surface area (Å²) in [5, 5.41) is 9.73. The molecule has 1 heterocycles. The van der Waals surface area contributed by atoms with E-state index < -0.39 is 0 Å². The van der Waals surface area contributed by atoms with E-state index in [1.807, 2.05) is 14.0 Å². The molecule has 0 aliphatic rings. The van der Waals surface area contributed by atoms with Gasteiger partial charge in [0.25, 0.3) is 0 Å². The minimum atomic E-state index is 0.530. The molecule has 0 aliphatic carbocycles. The Balaban J connectivity index is 2.96. The van der Waals surface area contributed by atoms with Gasteiger partial charge in [-0.1, -0.05) is 6.92 Å². The lowest BCUT2D eigenvalue weighted by Gasteiger charge is -1.98.